The number of carboxylic acids is 1. The summed E-state index contributed by atoms with van der Waals surface area (Å²) >= 11 is 1.65. The summed E-state index contributed by atoms with van der Waals surface area (Å²) in [7, 11) is 0. The highest BCUT2D eigenvalue weighted by Gasteiger charge is 2.31. The molecule has 1 N–H and O–H groups in total. The fraction of sp³-hybridized carbons (Fsp3) is 0.389. The first-order valence-electron chi connectivity index (χ1n) is 7.65. The van der Waals surface area contributed by atoms with Crippen molar-refractivity contribution in [3.63, 3.8) is 0 Å². The Labute approximate surface area is 141 Å². The van der Waals surface area contributed by atoms with Crippen LogP contribution in [0.1, 0.15) is 31.4 Å². The molecule has 0 bridgehead atoms. The number of carboxylic acid groups (broad SMARTS) is 1. The Morgan fingerprint density at radius 1 is 1.22 bits per heavy atom. The van der Waals surface area contributed by atoms with Gasteiger partial charge in [0.15, 0.2) is 6.04 Å². The molecular weight excluding hydrogens is 310 g/mol. The molecule has 2 aromatic rings. The molecule has 0 aliphatic carbocycles. The van der Waals surface area contributed by atoms with Crippen molar-refractivity contribution < 1.29 is 14.3 Å². The van der Waals surface area contributed by atoms with E-state index in [9.17, 15) is 9.90 Å². The second-order valence-electron chi connectivity index (χ2n) is 5.86. The number of hydrogen-bond acceptors (Lipinski definition) is 4. The Balaban J connectivity index is 2.39. The van der Waals surface area contributed by atoms with Crippen LogP contribution >= 0.6 is 11.8 Å². The van der Waals surface area contributed by atoms with Crippen LogP contribution in [0.25, 0.3) is 0 Å². The molecule has 1 heterocycles. The van der Waals surface area contributed by atoms with Crippen molar-refractivity contribution in [1.82, 2.24) is 0 Å². The topological polar surface area (TPSA) is 53.7 Å². The predicted molar refractivity (Wildman–Crippen MR) is 94.9 cm³/mol. The van der Waals surface area contributed by atoms with Crippen LogP contribution in [-0.4, -0.2) is 23.9 Å². The van der Waals surface area contributed by atoms with Gasteiger partial charge in [-0.1, -0.05) is 32.0 Å². The van der Waals surface area contributed by atoms with Gasteiger partial charge in [-0.15, -0.1) is 0 Å². The first-order valence-corrected chi connectivity index (χ1v) is 9.04. The van der Waals surface area contributed by atoms with Gasteiger partial charge in [0.05, 0.1) is 5.75 Å². The highest BCUT2D eigenvalue weighted by atomic mass is 32.2. The lowest BCUT2D eigenvalue weighted by atomic mass is 10.1. The van der Waals surface area contributed by atoms with Crippen LogP contribution in [0.5, 0.6) is 0 Å². The summed E-state index contributed by atoms with van der Waals surface area (Å²) in [5.41, 5.74) is 0.886. The maximum atomic E-state index is 12.0. The number of furan rings is 1. The summed E-state index contributed by atoms with van der Waals surface area (Å²) in [6.07, 6.45) is 1.99. The maximum Gasteiger partial charge on any atom is 0.334 e. The zero-order valence-electron chi connectivity index (χ0n) is 13.7. The van der Waals surface area contributed by atoms with Crippen molar-refractivity contribution in [2.24, 2.45) is 5.92 Å². The minimum absolute atomic E-state index is 0.331. The summed E-state index contributed by atoms with van der Waals surface area (Å²) in [6.45, 7) is 4.80. The molecule has 5 heteroatoms. The average molecular weight is 333 g/mol. The lowest BCUT2D eigenvalue weighted by Crippen LogP contribution is -2.36. The predicted octanol–water partition coefficient (Wildman–Crippen LogP) is 4.43. The van der Waals surface area contributed by atoms with Crippen molar-refractivity contribution in [2.45, 2.75) is 25.6 Å². The molecule has 124 valence electrons. The molecule has 0 aliphatic rings. The number of thioether (sulfide) groups is 1. The molecule has 23 heavy (non-hydrogen) atoms. The Kier molecular flexibility index (Phi) is 6.16. The van der Waals surface area contributed by atoms with E-state index in [0.29, 0.717) is 18.2 Å². The smallest absolute Gasteiger partial charge is 0.334 e. The van der Waals surface area contributed by atoms with Crippen LogP contribution in [-0.2, 0) is 10.5 Å². The number of rotatable bonds is 8. The Morgan fingerprint density at radius 3 is 2.48 bits per heavy atom. The van der Waals surface area contributed by atoms with E-state index in [-0.39, 0.29) is 0 Å². The number of anilines is 1. The van der Waals surface area contributed by atoms with Crippen LogP contribution in [0.2, 0.25) is 0 Å². The molecule has 1 atom stereocenters. The van der Waals surface area contributed by atoms with Gasteiger partial charge >= 0.3 is 5.97 Å². The van der Waals surface area contributed by atoms with Gasteiger partial charge in [-0.25, -0.2) is 4.79 Å². The van der Waals surface area contributed by atoms with E-state index >= 15 is 0 Å². The zero-order valence-corrected chi connectivity index (χ0v) is 14.5. The minimum atomic E-state index is -0.903. The Hall–Kier alpha value is -1.88. The summed E-state index contributed by atoms with van der Waals surface area (Å²) in [4.78, 5) is 13.9. The normalized spacial score (nSPS) is 12.3. The molecule has 1 aromatic carbocycles. The van der Waals surface area contributed by atoms with E-state index in [1.54, 1.807) is 17.8 Å². The lowest BCUT2D eigenvalue weighted by molar-refractivity contribution is -0.139. The second-order valence-corrected chi connectivity index (χ2v) is 6.73. The number of aliphatic carboxylic acids is 1. The van der Waals surface area contributed by atoms with Crippen LogP contribution in [0.4, 0.5) is 5.69 Å². The third-order valence-corrected chi connectivity index (χ3v) is 4.01. The number of nitrogens with zero attached hydrogens (tertiary/aromatic N) is 1. The van der Waals surface area contributed by atoms with Gasteiger partial charge in [0.1, 0.15) is 11.5 Å². The van der Waals surface area contributed by atoms with Crippen molar-refractivity contribution in [2.75, 3.05) is 17.7 Å². The summed E-state index contributed by atoms with van der Waals surface area (Å²) in [5, 5.41) is 9.80. The number of carbonyl (C=O) groups is 1. The average Bonchev–Trinajstić information content (AvgIpc) is 2.95. The first-order chi connectivity index (χ1) is 11.0. The first kappa shape index (κ1) is 17.5. The third kappa shape index (κ3) is 4.55. The highest BCUT2D eigenvalue weighted by Crippen LogP contribution is 2.30. The number of benzene rings is 1. The molecule has 0 amide bonds. The van der Waals surface area contributed by atoms with Crippen molar-refractivity contribution in [3.05, 3.63) is 54.0 Å². The monoisotopic (exact) mass is 333 g/mol. The molecule has 0 aliphatic heterocycles. The van der Waals surface area contributed by atoms with E-state index in [2.05, 4.69) is 13.8 Å². The summed E-state index contributed by atoms with van der Waals surface area (Å²) in [5.74, 6) is 1.45. The Bertz CT molecular complexity index is 624. The van der Waals surface area contributed by atoms with E-state index < -0.39 is 12.0 Å². The summed E-state index contributed by atoms with van der Waals surface area (Å²) < 4.78 is 5.79. The van der Waals surface area contributed by atoms with Crippen molar-refractivity contribution in [1.29, 1.82) is 0 Å². The quantitative estimate of drug-likeness (QED) is 0.774. The molecule has 2 rings (SSSR count). The van der Waals surface area contributed by atoms with Gasteiger partial charge in [-0.2, -0.15) is 11.8 Å². The van der Waals surface area contributed by atoms with Gasteiger partial charge in [0.2, 0.25) is 0 Å². The fourth-order valence-corrected chi connectivity index (χ4v) is 2.98. The number of para-hydroxylation sites is 1. The molecule has 1 aromatic heterocycles. The highest BCUT2D eigenvalue weighted by molar-refractivity contribution is 7.97. The fourth-order valence-electron chi connectivity index (χ4n) is 2.54. The standard InChI is InChI=1S/C18H23NO3S/c1-13(2)11-19(14-7-5-4-6-8-14)17(18(20)21)16-10-9-15(22-16)12-23-3/h4-10,13,17H,11-12H2,1-3H3,(H,20,21). The van der Waals surface area contributed by atoms with E-state index in [0.717, 1.165) is 17.2 Å². The van der Waals surface area contributed by atoms with Gasteiger partial charge in [-0.05, 0) is 36.4 Å². The van der Waals surface area contributed by atoms with Crippen molar-refractivity contribution >= 4 is 23.4 Å². The number of hydrogen-bond donors (Lipinski definition) is 1. The third-order valence-electron chi connectivity index (χ3n) is 3.43. The van der Waals surface area contributed by atoms with Gasteiger partial charge in [0, 0.05) is 12.2 Å². The minimum Gasteiger partial charge on any atom is -0.479 e. The maximum absolute atomic E-state index is 12.0. The van der Waals surface area contributed by atoms with Crippen LogP contribution in [0.3, 0.4) is 0 Å². The largest absolute Gasteiger partial charge is 0.479 e. The van der Waals surface area contributed by atoms with Gasteiger partial charge in [-0.3, -0.25) is 0 Å². The van der Waals surface area contributed by atoms with Crippen LogP contribution < -0.4 is 4.90 Å². The van der Waals surface area contributed by atoms with E-state index in [4.69, 9.17) is 4.42 Å². The molecule has 0 saturated heterocycles. The van der Waals surface area contributed by atoms with Gasteiger partial charge in [0.25, 0.3) is 0 Å². The SMILES string of the molecule is CSCc1ccc(C(C(=O)O)N(CC(C)C)c2ccccc2)o1. The molecule has 0 spiro atoms. The van der Waals surface area contributed by atoms with Crippen molar-refractivity contribution in [3.8, 4) is 0 Å². The van der Waals surface area contributed by atoms with Gasteiger partial charge < -0.3 is 14.4 Å². The van der Waals surface area contributed by atoms with Crippen LogP contribution in [0, 0.1) is 5.92 Å². The van der Waals surface area contributed by atoms with E-state index in [1.807, 2.05) is 47.6 Å². The lowest BCUT2D eigenvalue weighted by Gasteiger charge is -2.31. The molecule has 0 radical (unpaired) electrons. The van der Waals surface area contributed by atoms with Crippen LogP contribution in [0.15, 0.2) is 46.9 Å². The second kappa shape index (κ2) is 8.11. The molecule has 0 fully saturated rings. The summed E-state index contributed by atoms with van der Waals surface area (Å²) in [6, 6.07) is 12.5. The zero-order chi connectivity index (χ0) is 16.8. The molecular formula is C18H23NO3S. The Morgan fingerprint density at radius 2 is 1.91 bits per heavy atom. The van der Waals surface area contributed by atoms with E-state index in [1.165, 1.54) is 0 Å². The molecule has 4 nitrogen and oxygen atoms in total. The molecule has 1 unspecified atom stereocenters. The molecule has 0 saturated carbocycles.